The first-order chi connectivity index (χ1) is 9.40. The molecule has 1 aliphatic rings. The van der Waals surface area contributed by atoms with E-state index in [1.807, 2.05) is 0 Å². The van der Waals surface area contributed by atoms with E-state index in [0.29, 0.717) is 6.10 Å². The lowest BCUT2D eigenvalue weighted by atomic mass is 10.1. The number of hydrogen-bond acceptors (Lipinski definition) is 3. The zero-order valence-electron chi connectivity index (χ0n) is 11.8. The lowest BCUT2D eigenvalue weighted by molar-refractivity contribution is 0.103. The molecule has 1 aliphatic heterocycles. The predicted octanol–water partition coefficient (Wildman–Crippen LogP) is 2.80. The van der Waals surface area contributed by atoms with Crippen molar-refractivity contribution in [3.63, 3.8) is 0 Å². The van der Waals surface area contributed by atoms with Crippen LogP contribution in [0.15, 0.2) is 30.3 Å². The molecule has 0 aliphatic carbocycles. The van der Waals surface area contributed by atoms with Gasteiger partial charge in [-0.1, -0.05) is 18.2 Å². The van der Waals surface area contributed by atoms with Gasteiger partial charge in [-0.05, 0) is 50.8 Å². The van der Waals surface area contributed by atoms with Crippen LogP contribution in [0.1, 0.15) is 32.1 Å². The van der Waals surface area contributed by atoms with Crippen molar-refractivity contribution in [2.75, 3.05) is 31.1 Å². The minimum absolute atomic E-state index is 0.507. The summed E-state index contributed by atoms with van der Waals surface area (Å²) < 4.78 is 5.68. The van der Waals surface area contributed by atoms with Crippen LogP contribution in [0.25, 0.3) is 0 Å². The van der Waals surface area contributed by atoms with Gasteiger partial charge < -0.3 is 15.4 Å². The minimum Gasteiger partial charge on any atom is -0.378 e. The molecule has 1 fully saturated rings. The monoisotopic (exact) mass is 262 g/mol. The molecule has 1 unspecified atom stereocenters. The summed E-state index contributed by atoms with van der Waals surface area (Å²) >= 11 is 0. The predicted molar refractivity (Wildman–Crippen MR) is 80.5 cm³/mol. The van der Waals surface area contributed by atoms with Crippen molar-refractivity contribution in [1.82, 2.24) is 0 Å². The van der Waals surface area contributed by atoms with Crippen LogP contribution in [0.5, 0.6) is 0 Å². The van der Waals surface area contributed by atoms with Crippen molar-refractivity contribution in [2.45, 2.75) is 38.2 Å². The van der Waals surface area contributed by atoms with Crippen molar-refractivity contribution in [3.05, 3.63) is 30.3 Å². The van der Waals surface area contributed by atoms with E-state index in [1.165, 1.54) is 31.4 Å². The molecule has 0 saturated carbocycles. The highest BCUT2D eigenvalue weighted by Gasteiger charge is 2.15. The second-order valence-corrected chi connectivity index (χ2v) is 5.24. The Bertz CT molecular complexity index is 336. The summed E-state index contributed by atoms with van der Waals surface area (Å²) in [7, 11) is 0. The van der Waals surface area contributed by atoms with Gasteiger partial charge in [-0.15, -0.1) is 0 Å². The van der Waals surface area contributed by atoms with E-state index in [9.17, 15) is 0 Å². The van der Waals surface area contributed by atoms with Crippen molar-refractivity contribution >= 4 is 5.69 Å². The van der Waals surface area contributed by atoms with Gasteiger partial charge in [0.2, 0.25) is 0 Å². The number of nitrogens with two attached hydrogens (primary N) is 1. The molecular formula is C16H26N2O. The molecule has 0 spiro atoms. The third-order valence-corrected chi connectivity index (χ3v) is 3.73. The summed E-state index contributed by atoms with van der Waals surface area (Å²) in [5, 5.41) is 0. The number of ether oxygens (including phenoxy) is 1. The third kappa shape index (κ3) is 4.84. The Labute approximate surface area is 116 Å². The normalized spacial score (nSPS) is 18.7. The molecule has 1 heterocycles. The first kappa shape index (κ1) is 14.4. The van der Waals surface area contributed by atoms with Gasteiger partial charge in [-0.2, -0.15) is 0 Å². The quantitative estimate of drug-likeness (QED) is 0.783. The zero-order valence-corrected chi connectivity index (χ0v) is 11.8. The Morgan fingerprint density at radius 2 is 1.95 bits per heavy atom. The third-order valence-electron chi connectivity index (χ3n) is 3.73. The van der Waals surface area contributed by atoms with E-state index in [0.717, 1.165) is 32.7 Å². The second-order valence-electron chi connectivity index (χ2n) is 5.24. The summed E-state index contributed by atoms with van der Waals surface area (Å²) in [6.45, 7) is 3.87. The Morgan fingerprint density at radius 3 is 2.63 bits per heavy atom. The lowest BCUT2D eigenvalue weighted by Gasteiger charge is -2.25. The van der Waals surface area contributed by atoms with E-state index < -0.39 is 0 Å². The Hall–Kier alpha value is -1.06. The molecule has 1 atom stereocenters. The maximum Gasteiger partial charge on any atom is 0.0576 e. The standard InChI is InChI=1S/C16H26N2O/c17-11-6-13-18(15-7-2-1-3-8-15)12-4-9-16-10-5-14-19-16/h1-3,7-8,16H,4-6,9-14,17H2. The number of nitrogens with zero attached hydrogens (tertiary/aromatic N) is 1. The molecule has 1 saturated heterocycles. The first-order valence-electron chi connectivity index (χ1n) is 7.52. The van der Waals surface area contributed by atoms with Gasteiger partial charge in [-0.3, -0.25) is 0 Å². The largest absolute Gasteiger partial charge is 0.378 e. The van der Waals surface area contributed by atoms with Crippen LogP contribution in [-0.4, -0.2) is 32.3 Å². The number of hydrogen-bond donors (Lipinski definition) is 1. The van der Waals surface area contributed by atoms with E-state index in [4.69, 9.17) is 10.5 Å². The van der Waals surface area contributed by atoms with Gasteiger partial charge in [0.25, 0.3) is 0 Å². The smallest absolute Gasteiger partial charge is 0.0576 e. The van der Waals surface area contributed by atoms with Crippen LogP contribution in [0, 0.1) is 0 Å². The molecule has 0 radical (unpaired) electrons. The van der Waals surface area contributed by atoms with Crippen LogP contribution in [0.4, 0.5) is 5.69 Å². The van der Waals surface area contributed by atoms with E-state index >= 15 is 0 Å². The van der Waals surface area contributed by atoms with Crippen LogP contribution in [0.2, 0.25) is 0 Å². The van der Waals surface area contributed by atoms with Crippen LogP contribution in [-0.2, 0) is 4.74 Å². The number of benzene rings is 1. The molecule has 0 aromatic heterocycles. The number of para-hydroxylation sites is 1. The first-order valence-corrected chi connectivity index (χ1v) is 7.52. The second kappa shape index (κ2) is 8.18. The van der Waals surface area contributed by atoms with Crippen molar-refractivity contribution in [1.29, 1.82) is 0 Å². The van der Waals surface area contributed by atoms with Crippen molar-refractivity contribution < 1.29 is 4.74 Å². The molecule has 0 bridgehead atoms. The maximum atomic E-state index is 5.68. The number of anilines is 1. The Balaban J connectivity index is 1.79. The van der Waals surface area contributed by atoms with Crippen molar-refractivity contribution in [2.24, 2.45) is 5.73 Å². The van der Waals surface area contributed by atoms with Gasteiger partial charge in [0.05, 0.1) is 6.10 Å². The Morgan fingerprint density at radius 1 is 1.16 bits per heavy atom. The molecule has 19 heavy (non-hydrogen) atoms. The lowest BCUT2D eigenvalue weighted by Crippen LogP contribution is -2.27. The minimum atomic E-state index is 0.507. The summed E-state index contributed by atoms with van der Waals surface area (Å²) in [5.41, 5.74) is 6.95. The molecule has 1 aromatic carbocycles. The van der Waals surface area contributed by atoms with Crippen LogP contribution >= 0.6 is 0 Å². The highest BCUT2D eigenvalue weighted by Crippen LogP contribution is 2.19. The van der Waals surface area contributed by atoms with Gasteiger partial charge in [0.15, 0.2) is 0 Å². The fraction of sp³-hybridized carbons (Fsp3) is 0.625. The fourth-order valence-corrected chi connectivity index (χ4v) is 2.67. The average Bonchev–Trinajstić information content (AvgIpc) is 2.97. The topological polar surface area (TPSA) is 38.5 Å². The molecule has 1 aromatic rings. The van der Waals surface area contributed by atoms with Gasteiger partial charge in [-0.25, -0.2) is 0 Å². The average molecular weight is 262 g/mol. The highest BCUT2D eigenvalue weighted by atomic mass is 16.5. The van der Waals surface area contributed by atoms with E-state index in [-0.39, 0.29) is 0 Å². The van der Waals surface area contributed by atoms with Gasteiger partial charge in [0.1, 0.15) is 0 Å². The van der Waals surface area contributed by atoms with Crippen LogP contribution < -0.4 is 10.6 Å². The van der Waals surface area contributed by atoms with E-state index in [1.54, 1.807) is 0 Å². The molecule has 0 amide bonds. The molecular weight excluding hydrogens is 236 g/mol. The number of rotatable bonds is 8. The molecule has 3 nitrogen and oxygen atoms in total. The molecule has 3 heteroatoms. The highest BCUT2D eigenvalue weighted by molar-refractivity contribution is 5.45. The van der Waals surface area contributed by atoms with Crippen LogP contribution in [0.3, 0.4) is 0 Å². The summed E-state index contributed by atoms with van der Waals surface area (Å²) in [6, 6.07) is 10.6. The maximum absolute atomic E-state index is 5.68. The molecule has 106 valence electrons. The fourth-order valence-electron chi connectivity index (χ4n) is 2.67. The van der Waals surface area contributed by atoms with Crippen molar-refractivity contribution in [3.8, 4) is 0 Å². The molecule has 2 N–H and O–H groups in total. The zero-order chi connectivity index (χ0) is 13.3. The van der Waals surface area contributed by atoms with Gasteiger partial charge in [0, 0.05) is 25.4 Å². The van der Waals surface area contributed by atoms with E-state index in [2.05, 4.69) is 35.2 Å². The summed E-state index contributed by atoms with van der Waals surface area (Å²) in [6.07, 6.45) is 6.42. The summed E-state index contributed by atoms with van der Waals surface area (Å²) in [5.74, 6) is 0. The Kier molecular flexibility index (Phi) is 6.18. The summed E-state index contributed by atoms with van der Waals surface area (Å²) in [4.78, 5) is 2.45. The van der Waals surface area contributed by atoms with Gasteiger partial charge >= 0.3 is 0 Å². The molecule has 2 rings (SSSR count). The SMILES string of the molecule is NCCCN(CCCC1CCCO1)c1ccccc1.